The summed E-state index contributed by atoms with van der Waals surface area (Å²) in [5.41, 5.74) is 8.97. The van der Waals surface area contributed by atoms with E-state index in [0.29, 0.717) is 11.5 Å². The second kappa shape index (κ2) is 4.26. The molecule has 1 aromatic carbocycles. The van der Waals surface area contributed by atoms with Crippen LogP contribution in [0, 0.1) is 24.2 Å². The summed E-state index contributed by atoms with van der Waals surface area (Å²) < 4.78 is 0. The number of aryl methyl sites for hydroxylation is 1. The normalized spacial score (nSPS) is 12.6. The Morgan fingerprint density at radius 2 is 2.00 bits per heavy atom. The van der Waals surface area contributed by atoms with Crippen molar-refractivity contribution in [2.45, 2.75) is 26.8 Å². The molecule has 0 heterocycles. The highest BCUT2D eigenvalue weighted by molar-refractivity contribution is 5.39. The molecule has 0 aliphatic heterocycles. The van der Waals surface area contributed by atoms with Crippen molar-refractivity contribution in [2.24, 2.45) is 11.7 Å². The number of hydrogen-bond acceptors (Lipinski definition) is 2. The smallest absolute Gasteiger partial charge is 0.0991 e. The molecule has 14 heavy (non-hydrogen) atoms. The van der Waals surface area contributed by atoms with Crippen LogP contribution in [-0.2, 0) is 0 Å². The average Bonchev–Trinajstić information content (AvgIpc) is 2.17. The summed E-state index contributed by atoms with van der Waals surface area (Å²) in [6, 6.07) is 7.82. The molecule has 1 atom stereocenters. The molecule has 2 nitrogen and oxygen atoms in total. The van der Waals surface area contributed by atoms with Gasteiger partial charge in [-0.25, -0.2) is 0 Å². The van der Waals surface area contributed by atoms with Gasteiger partial charge in [0.2, 0.25) is 0 Å². The summed E-state index contributed by atoms with van der Waals surface area (Å²) in [7, 11) is 0. The van der Waals surface area contributed by atoms with Crippen LogP contribution in [0.4, 0.5) is 0 Å². The van der Waals surface area contributed by atoms with Gasteiger partial charge >= 0.3 is 0 Å². The average molecular weight is 188 g/mol. The first kappa shape index (κ1) is 10.7. The number of nitrogens with zero attached hydrogens (tertiary/aromatic N) is 1. The molecule has 0 aromatic heterocycles. The van der Waals surface area contributed by atoms with Crippen molar-refractivity contribution in [3.8, 4) is 6.07 Å². The van der Waals surface area contributed by atoms with Crippen LogP contribution in [-0.4, -0.2) is 0 Å². The quantitative estimate of drug-likeness (QED) is 0.775. The number of benzene rings is 1. The first-order valence-corrected chi connectivity index (χ1v) is 4.82. The van der Waals surface area contributed by atoms with E-state index >= 15 is 0 Å². The minimum absolute atomic E-state index is 0.0169. The van der Waals surface area contributed by atoms with Crippen molar-refractivity contribution in [3.63, 3.8) is 0 Å². The number of rotatable bonds is 2. The molecule has 0 amide bonds. The standard InChI is InChI=1S/C12H16N2/c1-8(2)12(14)11-6-10(7-13)5-4-9(11)3/h4-6,8,12H,14H2,1-3H3/t12-/m1/s1. The van der Waals surface area contributed by atoms with Gasteiger partial charge in [0.1, 0.15) is 0 Å². The predicted molar refractivity (Wildman–Crippen MR) is 57.7 cm³/mol. The van der Waals surface area contributed by atoms with Crippen LogP contribution < -0.4 is 5.73 Å². The molecule has 2 heteroatoms. The molecule has 1 rings (SSSR count). The van der Waals surface area contributed by atoms with Crippen molar-refractivity contribution in [1.29, 1.82) is 5.26 Å². The predicted octanol–water partition coefficient (Wildman–Crippen LogP) is 2.52. The molecule has 0 saturated heterocycles. The lowest BCUT2D eigenvalue weighted by molar-refractivity contribution is 0.512. The van der Waals surface area contributed by atoms with E-state index in [9.17, 15) is 0 Å². The van der Waals surface area contributed by atoms with E-state index in [1.807, 2.05) is 25.1 Å². The highest BCUT2D eigenvalue weighted by Crippen LogP contribution is 2.23. The van der Waals surface area contributed by atoms with Crippen LogP contribution in [0.3, 0.4) is 0 Å². The summed E-state index contributed by atoms with van der Waals surface area (Å²) in [5.74, 6) is 0.391. The Bertz CT molecular complexity index is 361. The van der Waals surface area contributed by atoms with Crippen LogP contribution >= 0.6 is 0 Å². The summed E-state index contributed by atoms with van der Waals surface area (Å²) in [4.78, 5) is 0. The third kappa shape index (κ3) is 2.12. The molecule has 1 aromatic rings. The molecule has 0 fully saturated rings. The summed E-state index contributed by atoms with van der Waals surface area (Å²) in [6.45, 7) is 6.20. The van der Waals surface area contributed by atoms with Crippen molar-refractivity contribution in [2.75, 3.05) is 0 Å². The van der Waals surface area contributed by atoms with Crippen LogP contribution in [0.5, 0.6) is 0 Å². The monoisotopic (exact) mass is 188 g/mol. The second-order valence-corrected chi connectivity index (χ2v) is 3.95. The van der Waals surface area contributed by atoms with Gasteiger partial charge in [0.25, 0.3) is 0 Å². The van der Waals surface area contributed by atoms with Crippen molar-refractivity contribution >= 4 is 0 Å². The maximum Gasteiger partial charge on any atom is 0.0991 e. The Kier molecular flexibility index (Phi) is 3.27. The first-order valence-electron chi connectivity index (χ1n) is 4.82. The van der Waals surface area contributed by atoms with E-state index in [2.05, 4.69) is 19.9 Å². The lowest BCUT2D eigenvalue weighted by Gasteiger charge is -2.18. The second-order valence-electron chi connectivity index (χ2n) is 3.95. The molecule has 0 unspecified atom stereocenters. The van der Waals surface area contributed by atoms with E-state index < -0.39 is 0 Å². The summed E-state index contributed by atoms with van der Waals surface area (Å²) in [5, 5.41) is 8.78. The third-order valence-electron chi connectivity index (χ3n) is 2.49. The fourth-order valence-electron chi connectivity index (χ4n) is 1.43. The van der Waals surface area contributed by atoms with Gasteiger partial charge in [0.15, 0.2) is 0 Å². The maximum absolute atomic E-state index is 8.78. The molecule has 0 aliphatic carbocycles. The molecule has 2 N–H and O–H groups in total. The molecule has 0 bridgehead atoms. The van der Waals surface area contributed by atoms with Crippen LogP contribution in [0.1, 0.15) is 36.6 Å². The van der Waals surface area contributed by atoms with Gasteiger partial charge < -0.3 is 5.73 Å². The maximum atomic E-state index is 8.78. The molecule has 74 valence electrons. The zero-order valence-electron chi connectivity index (χ0n) is 8.91. The van der Waals surface area contributed by atoms with Crippen molar-refractivity contribution < 1.29 is 0 Å². The van der Waals surface area contributed by atoms with Crippen molar-refractivity contribution in [3.05, 3.63) is 34.9 Å². The molecular formula is C12H16N2. The summed E-state index contributed by atoms with van der Waals surface area (Å²) >= 11 is 0. The Morgan fingerprint density at radius 3 is 2.50 bits per heavy atom. The number of hydrogen-bond donors (Lipinski definition) is 1. The highest BCUT2D eigenvalue weighted by atomic mass is 14.6. The largest absolute Gasteiger partial charge is 0.324 e. The van der Waals surface area contributed by atoms with Gasteiger partial charge in [-0.3, -0.25) is 0 Å². The van der Waals surface area contributed by atoms with Crippen molar-refractivity contribution in [1.82, 2.24) is 0 Å². The van der Waals surface area contributed by atoms with E-state index in [1.165, 1.54) is 0 Å². The highest BCUT2D eigenvalue weighted by Gasteiger charge is 2.13. The van der Waals surface area contributed by atoms with Crippen LogP contribution in [0.2, 0.25) is 0 Å². The minimum Gasteiger partial charge on any atom is -0.324 e. The van der Waals surface area contributed by atoms with E-state index in [-0.39, 0.29) is 6.04 Å². The molecule has 0 radical (unpaired) electrons. The van der Waals surface area contributed by atoms with Crippen LogP contribution in [0.25, 0.3) is 0 Å². The number of nitriles is 1. The molecular weight excluding hydrogens is 172 g/mol. The molecule has 0 saturated carbocycles. The lowest BCUT2D eigenvalue weighted by Crippen LogP contribution is -2.17. The van der Waals surface area contributed by atoms with Gasteiger partial charge in [0.05, 0.1) is 11.6 Å². The van der Waals surface area contributed by atoms with Gasteiger partial charge in [-0.1, -0.05) is 19.9 Å². The van der Waals surface area contributed by atoms with Gasteiger partial charge in [0, 0.05) is 6.04 Å². The minimum atomic E-state index is 0.0169. The van der Waals surface area contributed by atoms with Crippen LogP contribution in [0.15, 0.2) is 18.2 Å². The zero-order chi connectivity index (χ0) is 10.7. The van der Waals surface area contributed by atoms with Gasteiger partial charge in [-0.2, -0.15) is 5.26 Å². The first-order chi connectivity index (χ1) is 6.56. The third-order valence-corrected chi connectivity index (χ3v) is 2.49. The number of nitrogens with two attached hydrogens (primary N) is 1. The lowest BCUT2D eigenvalue weighted by atomic mass is 9.92. The topological polar surface area (TPSA) is 49.8 Å². The Balaban J connectivity index is 3.13. The fraction of sp³-hybridized carbons (Fsp3) is 0.417. The Labute approximate surface area is 85.4 Å². The fourth-order valence-corrected chi connectivity index (χ4v) is 1.43. The SMILES string of the molecule is Cc1ccc(C#N)cc1[C@H](N)C(C)C. The Morgan fingerprint density at radius 1 is 1.36 bits per heavy atom. The van der Waals surface area contributed by atoms with Gasteiger partial charge in [-0.15, -0.1) is 0 Å². The van der Waals surface area contributed by atoms with E-state index in [0.717, 1.165) is 11.1 Å². The molecule has 0 spiro atoms. The van der Waals surface area contributed by atoms with E-state index in [1.54, 1.807) is 0 Å². The van der Waals surface area contributed by atoms with Gasteiger partial charge in [-0.05, 0) is 36.1 Å². The van der Waals surface area contributed by atoms with E-state index in [4.69, 9.17) is 11.0 Å². The summed E-state index contributed by atoms with van der Waals surface area (Å²) in [6.07, 6.45) is 0. The zero-order valence-corrected chi connectivity index (χ0v) is 8.91. The molecule has 0 aliphatic rings. The Hall–Kier alpha value is -1.33.